The lowest BCUT2D eigenvalue weighted by molar-refractivity contribution is -0.148. The van der Waals surface area contributed by atoms with E-state index in [2.05, 4.69) is 31.9 Å². The second kappa shape index (κ2) is 49.3. The number of rotatable bonds is 49. The van der Waals surface area contributed by atoms with Gasteiger partial charge in [-0.1, -0.05) is 171 Å². The number of likely N-dealkylation sites (tertiary alicyclic amines) is 1. The Morgan fingerprint density at radius 3 is 1.73 bits per heavy atom. The summed E-state index contributed by atoms with van der Waals surface area (Å²) < 4.78 is 70.7. The van der Waals surface area contributed by atoms with E-state index in [-0.39, 0.29) is 105 Å². The van der Waals surface area contributed by atoms with E-state index in [0.29, 0.717) is 52.4 Å². The third-order valence-corrected chi connectivity index (χ3v) is 23.5. The average Bonchev–Trinajstić information content (AvgIpc) is 1.61. The summed E-state index contributed by atoms with van der Waals surface area (Å²) >= 11 is 2.15. The third-order valence-electron chi connectivity index (χ3n) is 21.1. The van der Waals surface area contributed by atoms with Crippen molar-refractivity contribution in [2.75, 3.05) is 97.9 Å². The molecule has 0 radical (unpaired) electrons. The number of methoxy groups -OCH3 is 2. The summed E-state index contributed by atoms with van der Waals surface area (Å²) in [5, 5.41) is 27.5. The SMILES string of the molecule is CCC(C)C([C@@H](CC(=O)N1CCC[C@H]1[C@H](OC)[C@@H](C)C(=O)N[C@H](C)[C@@H](O)c1ccccc1)OC)N(C)C(=O)[C@@H](NC(=O)C(C(C)C)N(C)C(=O)OCc1ccc(NC(=O)[C@H](CCCNC(N)=O)NC(=O)C(NC(=O)COCCOCCOCCOc2c(F)cc(N3C(=O)C(Sc4ccccc4)=C(Sc4ccccc4)C3=O)cc2F)C(C)C)cc1)C(C)C. The van der Waals surface area contributed by atoms with E-state index >= 15 is 8.78 Å². The molecular formula is C88H119F2N11O19S2. The predicted molar refractivity (Wildman–Crippen MR) is 457 cm³/mol. The van der Waals surface area contributed by atoms with Crippen molar-refractivity contribution in [1.29, 1.82) is 0 Å². The lowest BCUT2D eigenvalue weighted by Gasteiger charge is -2.41. The molecule has 0 aromatic heterocycles. The molecule has 0 spiro atoms. The highest BCUT2D eigenvalue weighted by Crippen LogP contribution is 2.45. The molecule has 12 atom stereocenters. The molecule has 2 heterocycles. The van der Waals surface area contributed by atoms with E-state index in [1.807, 2.05) is 44.2 Å². The maximum atomic E-state index is 15.5. The number of urea groups is 1. The van der Waals surface area contributed by atoms with Gasteiger partial charge in [-0.25, -0.2) is 23.3 Å². The number of nitrogens with one attached hydrogen (secondary N) is 6. The van der Waals surface area contributed by atoms with E-state index in [9.17, 15) is 57.8 Å². The molecule has 2 aliphatic rings. The van der Waals surface area contributed by atoms with Gasteiger partial charge in [0.2, 0.25) is 41.4 Å². The van der Waals surface area contributed by atoms with Gasteiger partial charge in [0, 0.05) is 69.0 Å². The van der Waals surface area contributed by atoms with Crippen molar-refractivity contribution in [2.24, 2.45) is 35.3 Å². The van der Waals surface area contributed by atoms with Crippen LogP contribution in [0.3, 0.4) is 0 Å². The van der Waals surface area contributed by atoms with Crippen molar-refractivity contribution in [2.45, 2.75) is 185 Å². The Kier molecular flexibility index (Phi) is 40.0. The number of nitrogens with two attached hydrogens (primary N) is 1. The topological polar surface area (TPSA) is 384 Å². The first kappa shape index (κ1) is 99.0. The van der Waals surface area contributed by atoms with Gasteiger partial charge in [0.1, 0.15) is 44.0 Å². The van der Waals surface area contributed by atoms with E-state index < -0.39 is 162 Å². The van der Waals surface area contributed by atoms with Crippen LogP contribution in [0.25, 0.3) is 0 Å². The number of imide groups is 1. The van der Waals surface area contributed by atoms with Crippen LogP contribution < -0.4 is 47.3 Å². The van der Waals surface area contributed by atoms with E-state index in [4.69, 9.17) is 38.9 Å². The minimum Gasteiger partial charge on any atom is -0.485 e. The molecule has 34 heteroatoms. The zero-order valence-corrected chi connectivity index (χ0v) is 73.5. The van der Waals surface area contributed by atoms with Gasteiger partial charge < -0.3 is 85.7 Å². The monoisotopic (exact) mass is 1740 g/mol. The third kappa shape index (κ3) is 28.5. The number of anilines is 2. The average molecular weight is 1740 g/mol. The molecule has 1 saturated heterocycles. The number of aliphatic hydroxyl groups excluding tert-OH is 1. The largest absolute Gasteiger partial charge is 0.485 e. The van der Waals surface area contributed by atoms with Crippen molar-refractivity contribution in [3.05, 3.63) is 160 Å². The first-order valence-electron chi connectivity index (χ1n) is 41.0. The van der Waals surface area contributed by atoms with Gasteiger partial charge in [-0.2, -0.15) is 0 Å². The maximum absolute atomic E-state index is 15.5. The minimum atomic E-state index is -1.19. The van der Waals surface area contributed by atoms with Crippen molar-refractivity contribution in [3.8, 4) is 5.75 Å². The van der Waals surface area contributed by atoms with Crippen LogP contribution in [0, 0.1) is 41.2 Å². The second-order valence-corrected chi connectivity index (χ2v) is 33.3. The first-order chi connectivity index (χ1) is 58.2. The predicted octanol–water partition coefficient (Wildman–Crippen LogP) is 9.67. The van der Waals surface area contributed by atoms with Crippen LogP contribution in [0.2, 0.25) is 0 Å². The second-order valence-electron chi connectivity index (χ2n) is 31.1. The number of carbonyl (C=O) groups excluding carboxylic acids is 11. The number of hydrogen-bond donors (Lipinski definition) is 8. The van der Waals surface area contributed by atoms with Crippen LogP contribution in [0.4, 0.5) is 29.7 Å². The zero-order valence-electron chi connectivity index (χ0n) is 71.8. The highest BCUT2D eigenvalue weighted by Gasteiger charge is 2.46. The van der Waals surface area contributed by atoms with Crippen molar-refractivity contribution in [3.63, 3.8) is 0 Å². The molecule has 5 aromatic rings. The minimum absolute atomic E-state index is 0.0279. The van der Waals surface area contributed by atoms with Crippen molar-refractivity contribution < 1.29 is 99.8 Å². The Hall–Kier alpha value is -10.1. The van der Waals surface area contributed by atoms with Gasteiger partial charge >= 0.3 is 12.1 Å². The normalized spacial score (nSPS) is 16.2. The number of ether oxygens (including phenoxy) is 7. The highest BCUT2D eigenvalue weighted by molar-refractivity contribution is 8.08. The number of primary amides is 1. The van der Waals surface area contributed by atoms with Crippen LogP contribution in [-0.4, -0.2) is 227 Å². The summed E-state index contributed by atoms with van der Waals surface area (Å²) in [7, 11) is 6.04. The van der Waals surface area contributed by atoms with Crippen LogP contribution in [-0.2, 0) is 78.2 Å². The number of nitrogens with zero attached hydrogens (tertiary/aromatic N) is 4. The fourth-order valence-electron chi connectivity index (χ4n) is 14.4. The Balaban J connectivity index is 0.842. The standard InChI is InChI=1S/C88H119F2N11O19S2/c1-15-55(8)74(68(114-13)49-70(103)100-40-26-34-67(100)76(115-14)56(9)80(105)93-57(10)75(104)59-27-19-16-20-28-59)98(11)84(109)72(53(4)5)97-83(108)73(54(6)7)99(12)88(113)120-50-58-35-37-60(38-36-58)94-81(106)66(33-25-39-92-87(91)112)95-82(107)71(52(2)3)96-69(102)51-118-44-43-116-41-42-117-45-46-119-77-64(89)47-61(48-65(77)90)101-85(110)78(121-62-29-21-17-22-30-62)79(86(101)111)122-63-31-23-18-24-32-63/h16-24,27-32,35-38,47-48,52-57,66-68,71-76,104H,15,25-26,33-34,39-46,49-51H2,1-14H3,(H,93,105)(H,94,106)(H,95,107)(H,96,102)(H,97,108)(H3,91,92,112)/t55?,56-,57-,66+,67+,68-,71?,72+,73?,74?,75-,76-/m1/s1. The number of aliphatic hydroxyl groups is 1. The quantitative estimate of drug-likeness (QED) is 0.0133. The number of halogens is 2. The molecule has 666 valence electrons. The van der Waals surface area contributed by atoms with Crippen molar-refractivity contribution in [1.82, 2.24) is 41.3 Å². The molecule has 122 heavy (non-hydrogen) atoms. The lowest BCUT2D eigenvalue weighted by atomic mass is 9.89. The molecule has 5 aromatic carbocycles. The Morgan fingerprint density at radius 1 is 0.639 bits per heavy atom. The van der Waals surface area contributed by atoms with Crippen LogP contribution >= 0.6 is 23.5 Å². The summed E-state index contributed by atoms with van der Waals surface area (Å²) in [6, 6.07) is 27.9. The summed E-state index contributed by atoms with van der Waals surface area (Å²) in [5.41, 5.74) is 6.42. The lowest BCUT2D eigenvalue weighted by Crippen LogP contribution is -2.60. The summed E-state index contributed by atoms with van der Waals surface area (Å²) in [4.78, 5) is 158. The fourth-order valence-corrected chi connectivity index (χ4v) is 16.4. The number of amides is 12. The molecule has 1 fully saturated rings. The molecule has 2 aliphatic heterocycles. The van der Waals surface area contributed by atoms with Crippen LogP contribution in [0.1, 0.15) is 125 Å². The highest BCUT2D eigenvalue weighted by atomic mass is 32.2. The molecule has 4 unspecified atom stereocenters. The summed E-state index contributed by atoms with van der Waals surface area (Å²) in [6.07, 6.45) is -1.31. The van der Waals surface area contributed by atoms with Gasteiger partial charge in [-0.3, -0.25) is 48.1 Å². The number of thioether (sulfide) groups is 2. The summed E-state index contributed by atoms with van der Waals surface area (Å²) in [5.74, 6) is -10.4. The number of hydrogen-bond acceptors (Lipinski definition) is 21. The Labute approximate surface area is 721 Å². The summed E-state index contributed by atoms with van der Waals surface area (Å²) in [6.45, 7) is 17.4. The Bertz CT molecular complexity index is 4250. The molecule has 0 saturated carbocycles. The van der Waals surface area contributed by atoms with Gasteiger partial charge in [-0.15, -0.1) is 0 Å². The zero-order chi connectivity index (χ0) is 89.4. The van der Waals surface area contributed by atoms with Gasteiger partial charge in [0.25, 0.3) is 11.8 Å². The molecule has 0 bridgehead atoms. The number of carbonyl (C=O) groups is 11. The van der Waals surface area contributed by atoms with E-state index in [0.717, 1.165) is 45.5 Å². The molecule has 7 rings (SSSR count). The Morgan fingerprint density at radius 2 is 1.20 bits per heavy atom. The number of likely N-dealkylation sites (N-methyl/N-ethyl adjacent to an activating group) is 2. The van der Waals surface area contributed by atoms with Gasteiger partial charge in [-0.05, 0) is 104 Å². The molecule has 9 N–H and O–H groups in total. The van der Waals surface area contributed by atoms with E-state index in [1.54, 1.807) is 152 Å². The van der Waals surface area contributed by atoms with Crippen LogP contribution in [0.5, 0.6) is 5.75 Å². The molecule has 30 nitrogen and oxygen atoms in total. The molecule has 12 amide bonds. The molecular weight excluding hydrogens is 1620 g/mol. The van der Waals surface area contributed by atoms with Crippen LogP contribution in [0.15, 0.2) is 147 Å². The smallest absolute Gasteiger partial charge is 0.410 e. The number of benzene rings is 5. The van der Waals surface area contributed by atoms with Gasteiger partial charge in [0.15, 0.2) is 17.4 Å². The fraction of sp³-hybridized carbons (Fsp3) is 0.511. The maximum Gasteiger partial charge on any atom is 0.410 e. The first-order valence-corrected chi connectivity index (χ1v) is 42.7. The van der Waals surface area contributed by atoms with E-state index in [1.165, 1.54) is 26.2 Å². The van der Waals surface area contributed by atoms with Gasteiger partial charge in [0.05, 0.1) is 97.3 Å². The van der Waals surface area contributed by atoms with Crippen molar-refractivity contribution >= 4 is 100 Å². The molecule has 0 aliphatic carbocycles.